The Labute approximate surface area is 172 Å². The van der Waals surface area contributed by atoms with E-state index < -0.39 is 17.9 Å². The van der Waals surface area contributed by atoms with Crippen molar-refractivity contribution in [1.82, 2.24) is 9.78 Å². The van der Waals surface area contributed by atoms with Crippen molar-refractivity contribution >= 4 is 34.9 Å². The Morgan fingerprint density at radius 3 is 2.48 bits per heavy atom. The normalized spacial score (nSPS) is 20.4. The summed E-state index contributed by atoms with van der Waals surface area (Å²) >= 11 is 6.06. The van der Waals surface area contributed by atoms with E-state index in [1.165, 1.54) is 6.20 Å². The molecule has 4 N–H and O–H groups in total. The number of primary amides is 1. The average Bonchev–Trinajstić information content (AvgIpc) is 3.12. The molecule has 0 saturated carbocycles. The molecular formula is C21H20ClN5O2. The Morgan fingerprint density at radius 2 is 1.83 bits per heavy atom. The lowest BCUT2D eigenvalue weighted by Crippen LogP contribution is -2.46. The fourth-order valence-electron chi connectivity index (χ4n) is 3.75. The molecule has 0 bridgehead atoms. The van der Waals surface area contributed by atoms with Crippen molar-refractivity contribution in [3.05, 3.63) is 76.9 Å². The van der Waals surface area contributed by atoms with Crippen molar-refractivity contribution in [1.29, 1.82) is 0 Å². The van der Waals surface area contributed by atoms with Gasteiger partial charge in [-0.3, -0.25) is 9.59 Å². The first-order valence-electron chi connectivity index (χ1n) is 9.21. The molecule has 1 aliphatic rings. The summed E-state index contributed by atoms with van der Waals surface area (Å²) in [5.41, 5.74) is 7.36. The molecule has 7 nitrogen and oxygen atoms in total. The summed E-state index contributed by atoms with van der Waals surface area (Å²) < 4.78 is 1.65. The van der Waals surface area contributed by atoms with Gasteiger partial charge in [0, 0.05) is 16.8 Å². The van der Waals surface area contributed by atoms with Gasteiger partial charge in [-0.05, 0) is 36.8 Å². The predicted octanol–water partition coefficient (Wildman–Crippen LogP) is 3.29. The van der Waals surface area contributed by atoms with E-state index in [1.54, 1.807) is 16.8 Å². The summed E-state index contributed by atoms with van der Waals surface area (Å²) in [7, 11) is 0. The molecule has 3 aromatic rings. The zero-order chi connectivity index (χ0) is 20.5. The second-order valence-electron chi connectivity index (χ2n) is 7.03. The van der Waals surface area contributed by atoms with Gasteiger partial charge in [0.1, 0.15) is 11.4 Å². The summed E-state index contributed by atoms with van der Waals surface area (Å²) in [4.78, 5) is 25.1. The van der Waals surface area contributed by atoms with Gasteiger partial charge in [0.15, 0.2) is 0 Å². The second-order valence-corrected chi connectivity index (χ2v) is 7.46. The van der Waals surface area contributed by atoms with E-state index in [1.807, 2.05) is 49.4 Å². The number of aromatic nitrogens is 2. The number of carbonyl (C=O) groups excluding carboxylic acids is 2. The van der Waals surface area contributed by atoms with Gasteiger partial charge in [-0.25, -0.2) is 4.68 Å². The number of nitrogens with two attached hydrogens (primary N) is 1. The molecule has 3 atom stereocenters. The lowest BCUT2D eigenvalue weighted by molar-refractivity contribution is -0.121. The van der Waals surface area contributed by atoms with E-state index >= 15 is 0 Å². The number of para-hydroxylation sites is 1. The van der Waals surface area contributed by atoms with Crippen LogP contribution >= 0.6 is 11.6 Å². The van der Waals surface area contributed by atoms with Crippen LogP contribution < -0.4 is 16.4 Å². The minimum atomic E-state index is -0.576. The zero-order valence-electron chi connectivity index (χ0n) is 15.7. The minimum absolute atomic E-state index is 0.155. The third-order valence-corrected chi connectivity index (χ3v) is 5.38. The molecule has 2 amide bonds. The molecule has 8 heteroatoms. The summed E-state index contributed by atoms with van der Waals surface area (Å²) in [6, 6.07) is 15.8. The first kappa shape index (κ1) is 19.0. The molecule has 0 spiro atoms. The number of hydrogen-bond donors (Lipinski definition) is 3. The van der Waals surface area contributed by atoms with E-state index in [9.17, 15) is 9.59 Å². The van der Waals surface area contributed by atoms with Crippen LogP contribution in [0, 0.1) is 5.92 Å². The zero-order valence-corrected chi connectivity index (χ0v) is 16.4. The van der Waals surface area contributed by atoms with E-state index in [0.29, 0.717) is 16.5 Å². The number of benzene rings is 2. The molecule has 2 heterocycles. The number of anilines is 2. The SMILES string of the molecule is CC1Nc2c(C(N)=O)cnn2C(c2ccc(Cl)cc2)C1C(=O)Nc1ccccc1. The highest BCUT2D eigenvalue weighted by Gasteiger charge is 2.42. The maximum absolute atomic E-state index is 13.3. The Balaban J connectivity index is 1.78. The first-order chi connectivity index (χ1) is 14.0. The number of nitrogens with one attached hydrogen (secondary N) is 2. The lowest BCUT2D eigenvalue weighted by atomic mass is 9.85. The molecule has 0 fully saturated rings. The monoisotopic (exact) mass is 409 g/mol. The van der Waals surface area contributed by atoms with E-state index in [0.717, 1.165) is 5.56 Å². The molecule has 1 aliphatic heterocycles. The minimum Gasteiger partial charge on any atom is -0.366 e. The maximum atomic E-state index is 13.3. The molecule has 29 heavy (non-hydrogen) atoms. The van der Waals surface area contributed by atoms with Crippen LogP contribution in [0.4, 0.5) is 11.5 Å². The smallest absolute Gasteiger partial charge is 0.254 e. The fraction of sp³-hybridized carbons (Fsp3) is 0.190. The molecule has 2 aromatic carbocycles. The van der Waals surface area contributed by atoms with Crippen LogP contribution in [0.25, 0.3) is 0 Å². The Kier molecular flexibility index (Phi) is 4.98. The lowest BCUT2D eigenvalue weighted by Gasteiger charge is -2.38. The van der Waals surface area contributed by atoms with Crippen LogP contribution in [0.3, 0.4) is 0 Å². The van der Waals surface area contributed by atoms with Gasteiger partial charge in [0.25, 0.3) is 5.91 Å². The fourth-order valence-corrected chi connectivity index (χ4v) is 3.88. The molecule has 0 saturated heterocycles. The molecule has 3 unspecified atom stereocenters. The maximum Gasteiger partial charge on any atom is 0.254 e. The Morgan fingerprint density at radius 1 is 1.14 bits per heavy atom. The first-order valence-corrected chi connectivity index (χ1v) is 9.58. The van der Waals surface area contributed by atoms with Crippen LogP contribution in [0.5, 0.6) is 0 Å². The van der Waals surface area contributed by atoms with Gasteiger partial charge in [0.05, 0.1) is 18.2 Å². The molecule has 0 radical (unpaired) electrons. The van der Waals surface area contributed by atoms with Crippen LogP contribution in [-0.2, 0) is 4.79 Å². The molecular weight excluding hydrogens is 390 g/mol. The average molecular weight is 410 g/mol. The van der Waals surface area contributed by atoms with Crippen molar-refractivity contribution in [2.75, 3.05) is 10.6 Å². The summed E-state index contributed by atoms with van der Waals surface area (Å²) in [6.45, 7) is 1.90. The van der Waals surface area contributed by atoms with Gasteiger partial charge < -0.3 is 16.4 Å². The number of amides is 2. The summed E-state index contributed by atoms with van der Waals surface area (Å²) in [5, 5.41) is 11.2. The van der Waals surface area contributed by atoms with Crippen molar-refractivity contribution in [2.45, 2.75) is 19.0 Å². The number of fused-ring (bicyclic) bond motifs is 1. The van der Waals surface area contributed by atoms with Crippen molar-refractivity contribution in [2.24, 2.45) is 11.7 Å². The van der Waals surface area contributed by atoms with E-state index in [4.69, 9.17) is 17.3 Å². The number of carbonyl (C=O) groups is 2. The molecule has 0 aliphatic carbocycles. The Hall–Kier alpha value is -3.32. The second kappa shape index (κ2) is 7.60. The van der Waals surface area contributed by atoms with Crippen molar-refractivity contribution in [3.63, 3.8) is 0 Å². The quantitative estimate of drug-likeness (QED) is 0.615. The van der Waals surface area contributed by atoms with Gasteiger partial charge in [0.2, 0.25) is 5.91 Å². The third kappa shape index (κ3) is 3.56. The van der Waals surface area contributed by atoms with Gasteiger partial charge in [-0.1, -0.05) is 41.9 Å². The summed E-state index contributed by atoms with van der Waals surface area (Å²) in [5.74, 6) is -0.718. The number of hydrogen-bond acceptors (Lipinski definition) is 4. The largest absolute Gasteiger partial charge is 0.366 e. The summed E-state index contributed by atoms with van der Waals surface area (Å²) in [6.07, 6.45) is 1.43. The van der Waals surface area contributed by atoms with Crippen LogP contribution in [0.2, 0.25) is 5.02 Å². The predicted molar refractivity (Wildman–Crippen MR) is 112 cm³/mol. The van der Waals surface area contributed by atoms with Crippen molar-refractivity contribution < 1.29 is 9.59 Å². The highest BCUT2D eigenvalue weighted by Crippen LogP contribution is 2.39. The molecule has 148 valence electrons. The van der Waals surface area contributed by atoms with Crippen LogP contribution in [-0.4, -0.2) is 27.6 Å². The Bertz CT molecular complexity index is 1050. The van der Waals surface area contributed by atoms with Crippen LogP contribution in [0.15, 0.2) is 60.8 Å². The number of halogens is 1. The standard InChI is InChI=1S/C21H20ClN5O2/c1-12-17(21(29)26-15-5-3-2-4-6-15)18(13-7-9-14(22)10-8-13)27-20(25-12)16(11-24-27)19(23)28/h2-12,17-18,25H,1H3,(H2,23,28)(H,26,29). The van der Waals surface area contributed by atoms with Crippen LogP contribution in [0.1, 0.15) is 28.9 Å². The van der Waals surface area contributed by atoms with Gasteiger partial charge in [-0.2, -0.15) is 5.10 Å². The van der Waals surface area contributed by atoms with Crippen molar-refractivity contribution in [3.8, 4) is 0 Å². The third-order valence-electron chi connectivity index (χ3n) is 5.12. The van der Waals surface area contributed by atoms with E-state index in [-0.39, 0.29) is 17.5 Å². The number of rotatable bonds is 4. The van der Waals surface area contributed by atoms with E-state index in [2.05, 4.69) is 15.7 Å². The highest BCUT2D eigenvalue weighted by molar-refractivity contribution is 6.30. The highest BCUT2D eigenvalue weighted by atomic mass is 35.5. The van der Waals surface area contributed by atoms with Gasteiger partial charge in [-0.15, -0.1) is 0 Å². The topological polar surface area (TPSA) is 102 Å². The number of nitrogens with zero attached hydrogens (tertiary/aromatic N) is 2. The molecule has 1 aromatic heterocycles. The molecule has 4 rings (SSSR count). The van der Waals surface area contributed by atoms with Gasteiger partial charge >= 0.3 is 0 Å².